The van der Waals surface area contributed by atoms with E-state index in [4.69, 9.17) is 0 Å². The minimum atomic E-state index is -3.79. The summed E-state index contributed by atoms with van der Waals surface area (Å²) in [6.45, 7) is 4.11. The molecule has 11 heteroatoms. The number of carbonyl (C=O) groups excluding carboxylic acids is 1. The first-order chi connectivity index (χ1) is 17.6. The quantitative estimate of drug-likeness (QED) is 0.307. The molecule has 4 rings (SSSR count). The maximum absolute atomic E-state index is 13.3. The summed E-state index contributed by atoms with van der Waals surface area (Å²) in [5, 5.41) is 5.47. The number of amides is 2. The Hall–Kier alpha value is -3.96. The molecule has 0 radical (unpaired) electrons. The van der Waals surface area contributed by atoms with Gasteiger partial charge in [-0.05, 0) is 62.4 Å². The number of carbonyl (C=O) groups is 1. The highest BCUT2D eigenvalue weighted by Crippen LogP contribution is 2.33. The normalized spacial score (nSPS) is 11.3. The van der Waals surface area contributed by atoms with E-state index in [9.17, 15) is 13.2 Å². The van der Waals surface area contributed by atoms with Gasteiger partial charge < -0.3 is 15.5 Å². The van der Waals surface area contributed by atoms with E-state index >= 15 is 0 Å². The summed E-state index contributed by atoms with van der Waals surface area (Å²) in [6, 6.07) is 18.9. The van der Waals surface area contributed by atoms with Crippen molar-refractivity contribution in [2.75, 3.05) is 33.9 Å². The van der Waals surface area contributed by atoms with E-state index in [-0.39, 0.29) is 16.3 Å². The van der Waals surface area contributed by atoms with Crippen LogP contribution in [0.5, 0.6) is 0 Å². The number of nitrogens with one attached hydrogen (secondary N) is 2. The summed E-state index contributed by atoms with van der Waals surface area (Å²) < 4.78 is 28.0. The second kappa shape index (κ2) is 11.0. The molecule has 2 N–H and O–H groups in total. The highest BCUT2D eigenvalue weighted by molar-refractivity contribution is 7.94. The molecular weight excluding hydrogens is 508 g/mol. The second-order valence-electron chi connectivity index (χ2n) is 8.56. The van der Waals surface area contributed by atoms with Crippen LogP contribution in [0.4, 0.5) is 27.8 Å². The third-order valence-corrected chi connectivity index (χ3v) is 9.12. The van der Waals surface area contributed by atoms with Crippen molar-refractivity contribution in [1.82, 2.24) is 9.97 Å². The van der Waals surface area contributed by atoms with Crippen LogP contribution in [0.1, 0.15) is 13.8 Å². The van der Waals surface area contributed by atoms with Crippen molar-refractivity contribution >= 4 is 50.4 Å². The van der Waals surface area contributed by atoms with E-state index in [2.05, 4.69) is 34.4 Å². The molecule has 2 heterocycles. The minimum Gasteiger partial charge on any atom is -0.341 e. The Kier molecular flexibility index (Phi) is 7.74. The van der Waals surface area contributed by atoms with Crippen LogP contribution in [-0.2, 0) is 10.0 Å². The molecule has 0 fully saturated rings. The number of hydrogen-bond acceptors (Lipinski definition) is 7. The highest BCUT2D eigenvalue weighted by atomic mass is 32.2. The first-order valence-electron chi connectivity index (χ1n) is 11.5. The van der Waals surface area contributed by atoms with Gasteiger partial charge in [-0.2, -0.15) is 0 Å². The lowest BCUT2D eigenvalue weighted by atomic mass is 10.3. The molecule has 0 aliphatic heterocycles. The number of anilines is 4. The smallest absolute Gasteiger partial charge is 0.323 e. The Labute approximate surface area is 220 Å². The molecule has 192 valence electrons. The SMILES string of the molecule is CC(C)N(C)c1ncc(-c2ccc(S(=O)(=O)N(C)c3ccc(NC(=O)Nc4ccccc4)cc3)s2)cn1. The van der Waals surface area contributed by atoms with Gasteiger partial charge in [0.05, 0.1) is 5.69 Å². The number of rotatable bonds is 8. The predicted molar refractivity (Wildman–Crippen MR) is 150 cm³/mol. The maximum Gasteiger partial charge on any atom is 0.323 e. The average Bonchev–Trinajstić information content (AvgIpc) is 3.40. The molecule has 0 spiro atoms. The van der Waals surface area contributed by atoms with Crippen LogP contribution in [-0.4, -0.2) is 44.6 Å². The Bertz CT molecular complexity index is 1450. The molecule has 0 bridgehead atoms. The van der Waals surface area contributed by atoms with Crippen molar-refractivity contribution in [3.05, 3.63) is 79.1 Å². The molecular formula is C26H28N6O3S2. The number of urea groups is 1. The fraction of sp³-hybridized carbons (Fsp3) is 0.192. The van der Waals surface area contributed by atoms with Gasteiger partial charge in [0.15, 0.2) is 0 Å². The molecule has 0 aliphatic rings. The highest BCUT2D eigenvalue weighted by Gasteiger charge is 2.24. The molecule has 0 aliphatic carbocycles. The zero-order valence-electron chi connectivity index (χ0n) is 20.9. The molecule has 4 aromatic rings. The van der Waals surface area contributed by atoms with Crippen molar-refractivity contribution in [1.29, 1.82) is 0 Å². The van der Waals surface area contributed by atoms with Crippen LogP contribution in [0.25, 0.3) is 10.4 Å². The van der Waals surface area contributed by atoms with Crippen LogP contribution >= 0.6 is 11.3 Å². The number of thiophene rings is 1. The van der Waals surface area contributed by atoms with E-state index in [1.165, 1.54) is 11.4 Å². The Balaban J connectivity index is 1.44. The molecule has 2 aromatic carbocycles. The number of nitrogens with zero attached hydrogens (tertiary/aromatic N) is 4. The van der Waals surface area contributed by atoms with E-state index in [1.807, 2.05) is 30.1 Å². The maximum atomic E-state index is 13.3. The summed E-state index contributed by atoms with van der Waals surface area (Å²) in [5.74, 6) is 0.610. The van der Waals surface area contributed by atoms with E-state index in [0.717, 1.165) is 21.8 Å². The fourth-order valence-electron chi connectivity index (χ4n) is 3.32. The zero-order chi connectivity index (χ0) is 26.6. The number of para-hydroxylation sites is 1. The first kappa shape index (κ1) is 26.1. The molecule has 2 amide bonds. The van der Waals surface area contributed by atoms with Gasteiger partial charge in [-0.3, -0.25) is 4.31 Å². The summed E-state index contributed by atoms with van der Waals surface area (Å²) in [5.41, 5.74) is 2.42. The lowest BCUT2D eigenvalue weighted by Crippen LogP contribution is -2.27. The molecule has 0 saturated heterocycles. The van der Waals surface area contributed by atoms with Crippen molar-refractivity contribution < 1.29 is 13.2 Å². The largest absolute Gasteiger partial charge is 0.341 e. The van der Waals surface area contributed by atoms with Crippen LogP contribution in [0, 0.1) is 0 Å². The van der Waals surface area contributed by atoms with Gasteiger partial charge >= 0.3 is 6.03 Å². The summed E-state index contributed by atoms with van der Waals surface area (Å²) >= 11 is 1.16. The standard InChI is InChI=1S/C26H28N6O3S2/c1-18(2)31(3)25-27-16-19(17-28-25)23-14-15-24(36-23)37(34,35)32(4)22-12-10-21(11-13-22)30-26(33)29-20-8-6-5-7-9-20/h5-18H,1-4H3,(H2,29,30,33). The average molecular weight is 537 g/mol. The number of sulfonamides is 1. The Morgan fingerprint density at radius 2 is 1.46 bits per heavy atom. The predicted octanol–water partition coefficient (Wildman–Crippen LogP) is 5.52. The van der Waals surface area contributed by atoms with Gasteiger partial charge in [0, 0.05) is 54.3 Å². The fourth-order valence-corrected chi connectivity index (χ4v) is 5.97. The van der Waals surface area contributed by atoms with Gasteiger partial charge in [-0.15, -0.1) is 11.3 Å². The summed E-state index contributed by atoms with van der Waals surface area (Å²) in [6.07, 6.45) is 3.40. The Morgan fingerprint density at radius 1 is 0.865 bits per heavy atom. The lowest BCUT2D eigenvalue weighted by molar-refractivity contribution is 0.262. The Morgan fingerprint density at radius 3 is 2.05 bits per heavy atom. The van der Waals surface area contributed by atoms with Gasteiger partial charge in [0.25, 0.3) is 10.0 Å². The van der Waals surface area contributed by atoms with Crippen molar-refractivity contribution in [2.45, 2.75) is 24.1 Å². The van der Waals surface area contributed by atoms with Gasteiger partial charge in [-0.25, -0.2) is 23.2 Å². The van der Waals surface area contributed by atoms with Crippen molar-refractivity contribution in [3.8, 4) is 10.4 Å². The third kappa shape index (κ3) is 6.07. The van der Waals surface area contributed by atoms with Crippen LogP contribution < -0.4 is 19.8 Å². The van der Waals surface area contributed by atoms with Crippen LogP contribution in [0.3, 0.4) is 0 Å². The molecule has 0 unspecified atom stereocenters. The van der Waals surface area contributed by atoms with Crippen molar-refractivity contribution in [2.24, 2.45) is 0 Å². The second-order valence-corrected chi connectivity index (χ2v) is 11.8. The van der Waals surface area contributed by atoms with E-state index in [1.54, 1.807) is 60.9 Å². The van der Waals surface area contributed by atoms with Crippen molar-refractivity contribution in [3.63, 3.8) is 0 Å². The minimum absolute atomic E-state index is 0.206. The van der Waals surface area contributed by atoms with Gasteiger partial charge in [0.2, 0.25) is 5.95 Å². The van der Waals surface area contributed by atoms with E-state index < -0.39 is 10.0 Å². The summed E-state index contributed by atoms with van der Waals surface area (Å²) in [7, 11) is -0.363. The topological polar surface area (TPSA) is 108 Å². The first-order valence-corrected chi connectivity index (χ1v) is 13.8. The van der Waals surface area contributed by atoms with E-state index in [0.29, 0.717) is 23.0 Å². The molecule has 2 aromatic heterocycles. The molecule has 0 atom stereocenters. The number of benzene rings is 2. The molecule has 9 nitrogen and oxygen atoms in total. The zero-order valence-corrected chi connectivity index (χ0v) is 22.5. The van der Waals surface area contributed by atoms with Gasteiger partial charge in [0.1, 0.15) is 4.21 Å². The third-order valence-electron chi connectivity index (χ3n) is 5.73. The van der Waals surface area contributed by atoms with Crippen LogP contribution in [0.2, 0.25) is 0 Å². The molecule has 0 saturated carbocycles. The summed E-state index contributed by atoms with van der Waals surface area (Å²) in [4.78, 5) is 23.7. The number of aromatic nitrogens is 2. The van der Waals surface area contributed by atoms with Gasteiger partial charge in [-0.1, -0.05) is 18.2 Å². The number of hydrogen-bond donors (Lipinski definition) is 2. The lowest BCUT2D eigenvalue weighted by Gasteiger charge is -2.20. The molecule has 37 heavy (non-hydrogen) atoms. The monoisotopic (exact) mass is 536 g/mol. The van der Waals surface area contributed by atoms with Crippen LogP contribution in [0.15, 0.2) is 83.3 Å².